The molecule has 1 aliphatic rings. The number of nitrogens with two attached hydrogens (primary N) is 1. The number of anilines is 1. The zero-order valence-corrected chi connectivity index (χ0v) is 18.8. The van der Waals surface area contributed by atoms with Crippen molar-refractivity contribution in [2.45, 2.75) is 26.4 Å². The number of halogens is 2. The van der Waals surface area contributed by atoms with Crippen LogP contribution in [0.2, 0.25) is 0 Å². The Morgan fingerprint density at radius 2 is 2.12 bits per heavy atom. The Balaban J connectivity index is 2.35. The first-order valence-corrected chi connectivity index (χ1v) is 10.4. The smallest absolute Gasteiger partial charge is 0.166 e. The summed E-state index contributed by atoms with van der Waals surface area (Å²) in [4.78, 5) is 8.42. The Hall–Kier alpha value is -3.46. The Morgan fingerprint density at radius 3 is 2.78 bits per heavy atom. The number of nitrogen functional groups attached to an aromatic ring is 1. The molecule has 2 bridgehead atoms. The largest absolute Gasteiger partial charge is 0.482 e. The zero-order chi connectivity index (χ0) is 23.4. The van der Waals surface area contributed by atoms with Crippen LogP contribution in [0.1, 0.15) is 43.2 Å². The fourth-order valence-electron chi connectivity index (χ4n) is 3.48. The number of allylic oxidation sites excluding steroid dienone is 2. The van der Waals surface area contributed by atoms with E-state index in [9.17, 15) is 4.39 Å². The number of fused-ring (bicyclic) bond motifs is 3. The monoisotopic (exact) mass is 457 g/mol. The van der Waals surface area contributed by atoms with E-state index >= 15 is 0 Å². The summed E-state index contributed by atoms with van der Waals surface area (Å²) in [5.41, 5.74) is 8.92. The molecular weight excluding hydrogens is 433 g/mol. The summed E-state index contributed by atoms with van der Waals surface area (Å²) in [6, 6.07) is 3.00. The summed E-state index contributed by atoms with van der Waals surface area (Å²) in [7, 11) is 1.71. The van der Waals surface area contributed by atoms with Gasteiger partial charge in [-0.2, -0.15) is 0 Å². The van der Waals surface area contributed by atoms with Crippen LogP contribution < -0.4 is 21.1 Å². The molecule has 3 rings (SSSR count). The molecular formula is C22H25ClFN7O. The van der Waals surface area contributed by atoms with Crippen LogP contribution in [0.4, 0.5) is 10.2 Å². The van der Waals surface area contributed by atoms with Crippen molar-refractivity contribution < 1.29 is 9.13 Å². The summed E-state index contributed by atoms with van der Waals surface area (Å²) < 4.78 is 20.1. The van der Waals surface area contributed by atoms with Crippen molar-refractivity contribution in [3.8, 4) is 5.75 Å². The quantitative estimate of drug-likeness (QED) is 0.444. The van der Waals surface area contributed by atoms with Gasteiger partial charge < -0.3 is 21.1 Å². The highest BCUT2D eigenvalue weighted by Gasteiger charge is 2.25. The minimum Gasteiger partial charge on any atom is -0.482 e. The molecule has 0 fully saturated rings. The number of hydrogen-bond donors (Lipinski definition) is 5. The molecule has 6 N–H and O–H groups in total. The van der Waals surface area contributed by atoms with E-state index in [2.05, 4.69) is 20.6 Å². The van der Waals surface area contributed by atoms with E-state index in [4.69, 9.17) is 32.9 Å². The van der Waals surface area contributed by atoms with Gasteiger partial charge in [0, 0.05) is 54.8 Å². The van der Waals surface area contributed by atoms with E-state index in [0.29, 0.717) is 40.3 Å². The van der Waals surface area contributed by atoms with E-state index in [-0.39, 0.29) is 28.8 Å². The molecule has 168 valence electrons. The number of nitrogens with one attached hydrogen (secondary N) is 4. The van der Waals surface area contributed by atoms with Gasteiger partial charge in [0.05, 0.1) is 17.6 Å². The maximum atomic E-state index is 14.1. The number of aromatic nitrogens is 2. The maximum absolute atomic E-state index is 14.1. The molecule has 0 aromatic carbocycles. The lowest BCUT2D eigenvalue weighted by molar-refractivity contribution is 0.226. The van der Waals surface area contributed by atoms with Gasteiger partial charge in [0.15, 0.2) is 11.6 Å². The van der Waals surface area contributed by atoms with E-state index < -0.39 is 11.9 Å². The SMILES string of the molecule is CCN/C1=C(\C(=N)Cl)C/C(=C/NC)C(=N)c2ncc(F)cc2[C@@H](C)Oc2cc1cnc2N. The number of pyridine rings is 2. The zero-order valence-electron chi connectivity index (χ0n) is 18.0. The maximum Gasteiger partial charge on any atom is 0.166 e. The van der Waals surface area contributed by atoms with Crippen molar-refractivity contribution in [1.29, 1.82) is 10.8 Å². The average molecular weight is 458 g/mol. The lowest BCUT2D eigenvalue weighted by Crippen LogP contribution is -2.21. The fourth-order valence-corrected chi connectivity index (χ4v) is 3.64. The van der Waals surface area contributed by atoms with E-state index in [1.807, 2.05) is 6.92 Å². The average Bonchev–Trinajstić information content (AvgIpc) is 2.75. The Morgan fingerprint density at radius 1 is 1.38 bits per heavy atom. The first-order chi connectivity index (χ1) is 15.3. The van der Waals surface area contributed by atoms with E-state index in [1.54, 1.807) is 32.4 Å². The first-order valence-electron chi connectivity index (χ1n) is 10.0. The van der Waals surface area contributed by atoms with Gasteiger partial charge in [0.25, 0.3) is 0 Å². The van der Waals surface area contributed by atoms with Crippen LogP contribution >= 0.6 is 11.6 Å². The number of hydrogen-bond acceptors (Lipinski definition) is 8. The van der Waals surface area contributed by atoms with E-state index in [1.165, 1.54) is 6.07 Å². The number of rotatable bonds is 4. The molecule has 0 saturated carbocycles. The second-order valence-electron chi connectivity index (χ2n) is 7.17. The van der Waals surface area contributed by atoms with Gasteiger partial charge in [0.2, 0.25) is 0 Å². The summed E-state index contributed by atoms with van der Waals surface area (Å²) >= 11 is 6.21. The van der Waals surface area contributed by atoms with Gasteiger partial charge in [-0.15, -0.1) is 0 Å². The van der Waals surface area contributed by atoms with Crippen LogP contribution in [0.15, 0.2) is 41.9 Å². The molecule has 0 spiro atoms. The summed E-state index contributed by atoms with van der Waals surface area (Å²) in [5, 5.41) is 23.0. The van der Waals surface area contributed by atoms with Crippen molar-refractivity contribution in [1.82, 2.24) is 20.6 Å². The molecule has 2 aromatic rings. The van der Waals surface area contributed by atoms with Crippen LogP contribution in [0.25, 0.3) is 5.70 Å². The summed E-state index contributed by atoms with van der Waals surface area (Å²) in [6.45, 7) is 4.21. The first kappa shape index (κ1) is 23.2. The third kappa shape index (κ3) is 4.72. The normalized spacial score (nSPS) is 20.0. The molecule has 3 heterocycles. The highest BCUT2D eigenvalue weighted by molar-refractivity contribution is 6.69. The third-order valence-corrected chi connectivity index (χ3v) is 5.19. The molecule has 2 aromatic heterocycles. The predicted molar refractivity (Wildman–Crippen MR) is 125 cm³/mol. The third-order valence-electron chi connectivity index (χ3n) is 4.96. The van der Waals surface area contributed by atoms with Gasteiger partial charge in [0.1, 0.15) is 17.1 Å². The number of ether oxygens (including phenoxy) is 1. The molecule has 0 radical (unpaired) electrons. The fraction of sp³-hybridized carbons (Fsp3) is 0.273. The lowest BCUT2D eigenvalue weighted by Gasteiger charge is -2.23. The molecule has 1 atom stereocenters. The van der Waals surface area contributed by atoms with Crippen LogP contribution in [-0.2, 0) is 0 Å². The molecule has 1 aliphatic heterocycles. The minimum absolute atomic E-state index is 0.0615. The minimum atomic E-state index is -0.666. The number of nitrogens with zero attached hydrogens (tertiary/aromatic N) is 2. The Kier molecular flexibility index (Phi) is 7.09. The van der Waals surface area contributed by atoms with Gasteiger partial charge in [-0.1, -0.05) is 11.6 Å². The van der Waals surface area contributed by atoms with Crippen LogP contribution in [0, 0.1) is 16.6 Å². The predicted octanol–water partition coefficient (Wildman–Crippen LogP) is 3.75. The van der Waals surface area contributed by atoms with Crippen LogP contribution in [0.5, 0.6) is 5.75 Å². The Labute approximate surface area is 190 Å². The van der Waals surface area contributed by atoms with Gasteiger partial charge in [-0.3, -0.25) is 15.8 Å². The topological polar surface area (TPSA) is 133 Å². The second kappa shape index (κ2) is 9.78. The molecule has 0 unspecified atom stereocenters. The standard InChI is InChI=1S/C22H25ClFN7O/c1-4-29-19-13-6-17(22(27)31-9-13)32-11(2)15-7-14(24)10-30-20(15)18(25)12(8-28-3)5-16(19)21(23)26/h6-11,25-26,28-29H,4-5H2,1-3H3,(H2,27,31)/b12-8-,19-16-,25-18?,26-21?/t11-/m1/s1. The highest BCUT2D eigenvalue weighted by Crippen LogP contribution is 2.34. The Bertz CT molecular complexity index is 1130. The molecule has 0 amide bonds. The van der Waals surface area contributed by atoms with Gasteiger partial charge in [-0.05, 0) is 31.6 Å². The van der Waals surface area contributed by atoms with Gasteiger partial charge >= 0.3 is 0 Å². The van der Waals surface area contributed by atoms with Crippen molar-refractivity contribution in [2.75, 3.05) is 19.3 Å². The summed E-state index contributed by atoms with van der Waals surface area (Å²) in [5.74, 6) is -0.0948. The molecule has 0 saturated heterocycles. The molecule has 8 nitrogen and oxygen atoms in total. The molecule has 0 aliphatic carbocycles. The van der Waals surface area contributed by atoms with Gasteiger partial charge in [-0.25, -0.2) is 9.37 Å². The molecule has 32 heavy (non-hydrogen) atoms. The van der Waals surface area contributed by atoms with Crippen molar-refractivity contribution in [2.24, 2.45) is 0 Å². The van der Waals surface area contributed by atoms with Crippen molar-refractivity contribution in [3.63, 3.8) is 0 Å². The van der Waals surface area contributed by atoms with Crippen LogP contribution in [0.3, 0.4) is 0 Å². The van der Waals surface area contributed by atoms with Crippen molar-refractivity contribution >= 4 is 34.0 Å². The van der Waals surface area contributed by atoms with E-state index in [0.717, 1.165) is 6.20 Å². The van der Waals surface area contributed by atoms with Crippen molar-refractivity contribution in [3.05, 3.63) is 64.5 Å². The van der Waals surface area contributed by atoms with Crippen LogP contribution in [-0.4, -0.2) is 34.4 Å². The second-order valence-corrected chi connectivity index (χ2v) is 7.54. The highest BCUT2D eigenvalue weighted by atomic mass is 35.5. The molecule has 10 heteroatoms. The lowest BCUT2D eigenvalue weighted by atomic mass is 9.93. The summed E-state index contributed by atoms with van der Waals surface area (Å²) in [6.07, 6.45) is 3.76.